The van der Waals surface area contributed by atoms with Crippen molar-refractivity contribution in [1.29, 1.82) is 0 Å². The molecule has 2 aromatic carbocycles. The van der Waals surface area contributed by atoms with Crippen LogP contribution in [0.2, 0.25) is 5.28 Å². The topological polar surface area (TPSA) is 65.5 Å². The van der Waals surface area contributed by atoms with Crippen LogP contribution in [0.25, 0.3) is 10.9 Å². The monoisotopic (exact) mass is 345 g/mol. The molecular formula is C17H16ClN3O3. The van der Waals surface area contributed by atoms with Crippen molar-refractivity contribution < 1.29 is 14.2 Å². The maximum absolute atomic E-state index is 6.05. The van der Waals surface area contributed by atoms with Gasteiger partial charge in [-0.15, -0.1) is 0 Å². The molecule has 0 radical (unpaired) electrons. The van der Waals surface area contributed by atoms with Crippen molar-refractivity contribution in [2.45, 2.75) is 0 Å². The zero-order valence-corrected chi connectivity index (χ0v) is 14.2. The fourth-order valence-electron chi connectivity index (χ4n) is 2.33. The molecule has 0 spiro atoms. The number of nitrogens with zero attached hydrogens (tertiary/aromatic N) is 2. The molecule has 0 unspecified atom stereocenters. The molecule has 7 heteroatoms. The molecule has 1 aromatic heterocycles. The Morgan fingerprint density at radius 2 is 1.54 bits per heavy atom. The maximum atomic E-state index is 6.05. The summed E-state index contributed by atoms with van der Waals surface area (Å²) in [5, 5.41) is 4.16. The number of fused-ring (bicyclic) bond motifs is 1. The van der Waals surface area contributed by atoms with Gasteiger partial charge in [-0.2, -0.15) is 4.98 Å². The highest BCUT2D eigenvalue weighted by Crippen LogP contribution is 2.35. The molecule has 0 aliphatic rings. The first-order valence-electron chi connectivity index (χ1n) is 7.15. The molecule has 0 bridgehead atoms. The second kappa shape index (κ2) is 6.80. The number of hydrogen-bond acceptors (Lipinski definition) is 6. The van der Waals surface area contributed by atoms with E-state index in [0.29, 0.717) is 22.8 Å². The van der Waals surface area contributed by atoms with E-state index < -0.39 is 0 Å². The molecule has 0 aliphatic carbocycles. The SMILES string of the molecule is COc1ccc(Nc2nc(Cl)nc3cc(OC)c(OC)cc23)cc1. The summed E-state index contributed by atoms with van der Waals surface area (Å²) in [7, 11) is 4.78. The van der Waals surface area contributed by atoms with Crippen LogP contribution in [0.1, 0.15) is 0 Å². The summed E-state index contributed by atoms with van der Waals surface area (Å²) < 4.78 is 15.8. The van der Waals surface area contributed by atoms with Gasteiger partial charge >= 0.3 is 0 Å². The quantitative estimate of drug-likeness (QED) is 0.704. The van der Waals surface area contributed by atoms with Crippen LogP contribution in [0, 0.1) is 0 Å². The lowest BCUT2D eigenvalue weighted by Crippen LogP contribution is -1.99. The van der Waals surface area contributed by atoms with Gasteiger partial charge in [-0.1, -0.05) is 0 Å². The predicted octanol–water partition coefficient (Wildman–Crippen LogP) is 4.05. The van der Waals surface area contributed by atoms with Gasteiger partial charge in [-0.3, -0.25) is 0 Å². The summed E-state index contributed by atoms with van der Waals surface area (Å²) in [6, 6.07) is 11.1. The molecule has 24 heavy (non-hydrogen) atoms. The molecule has 1 heterocycles. The lowest BCUT2D eigenvalue weighted by molar-refractivity contribution is 0.356. The number of anilines is 2. The number of nitrogens with one attached hydrogen (secondary N) is 1. The van der Waals surface area contributed by atoms with E-state index in [-0.39, 0.29) is 5.28 Å². The highest BCUT2D eigenvalue weighted by Gasteiger charge is 2.13. The summed E-state index contributed by atoms with van der Waals surface area (Å²) in [6.45, 7) is 0. The van der Waals surface area contributed by atoms with Gasteiger partial charge in [0, 0.05) is 17.1 Å². The number of hydrogen-bond donors (Lipinski definition) is 1. The fourth-order valence-corrected chi connectivity index (χ4v) is 2.51. The summed E-state index contributed by atoms with van der Waals surface area (Å²) in [5.41, 5.74) is 1.50. The molecule has 1 N–H and O–H groups in total. The highest BCUT2D eigenvalue weighted by molar-refractivity contribution is 6.28. The molecular weight excluding hydrogens is 330 g/mol. The van der Waals surface area contributed by atoms with Crippen LogP contribution < -0.4 is 19.5 Å². The van der Waals surface area contributed by atoms with Crippen LogP contribution in [0.15, 0.2) is 36.4 Å². The molecule has 0 fully saturated rings. The Hall–Kier alpha value is -2.73. The molecule has 0 saturated carbocycles. The van der Waals surface area contributed by atoms with Crippen LogP contribution in [-0.2, 0) is 0 Å². The largest absolute Gasteiger partial charge is 0.497 e. The van der Waals surface area contributed by atoms with Crippen molar-refractivity contribution in [3.63, 3.8) is 0 Å². The van der Waals surface area contributed by atoms with Crippen molar-refractivity contribution in [2.24, 2.45) is 0 Å². The average molecular weight is 346 g/mol. The van der Waals surface area contributed by atoms with Crippen molar-refractivity contribution in [3.05, 3.63) is 41.7 Å². The van der Waals surface area contributed by atoms with E-state index in [1.165, 1.54) is 0 Å². The first-order chi connectivity index (χ1) is 11.6. The molecule has 0 atom stereocenters. The lowest BCUT2D eigenvalue weighted by atomic mass is 10.2. The number of aromatic nitrogens is 2. The van der Waals surface area contributed by atoms with Crippen molar-refractivity contribution in [1.82, 2.24) is 9.97 Å². The Morgan fingerprint density at radius 3 is 2.17 bits per heavy atom. The normalized spacial score (nSPS) is 10.5. The van der Waals surface area contributed by atoms with Crippen molar-refractivity contribution in [2.75, 3.05) is 26.6 Å². The fraction of sp³-hybridized carbons (Fsp3) is 0.176. The molecule has 124 valence electrons. The second-order valence-corrected chi connectivity index (χ2v) is 5.26. The number of rotatable bonds is 5. The number of methoxy groups -OCH3 is 3. The third-order valence-corrected chi connectivity index (χ3v) is 3.70. The van der Waals surface area contributed by atoms with E-state index in [1.807, 2.05) is 30.3 Å². The first kappa shape index (κ1) is 16.1. The number of halogens is 1. The van der Waals surface area contributed by atoms with E-state index in [0.717, 1.165) is 16.8 Å². The van der Waals surface area contributed by atoms with Crippen molar-refractivity contribution >= 4 is 34.0 Å². The van der Waals surface area contributed by atoms with Crippen LogP contribution in [0.5, 0.6) is 17.2 Å². The van der Waals surface area contributed by atoms with E-state index in [4.69, 9.17) is 25.8 Å². The van der Waals surface area contributed by atoms with Crippen LogP contribution in [0.4, 0.5) is 11.5 Å². The first-order valence-corrected chi connectivity index (χ1v) is 7.52. The highest BCUT2D eigenvalue weighted by atomic mass is 35.5. The summed E-state index contributed by atoms with van der Waals surface area (Å²) in [5.74, 6) is 2.53. The van der Waals surface area contributed by atoms with Gasteiger partial charge in [0.05, 0.1) is 26.8 Å². The molecule has 0 aliphatic heterocycles. The Kier molecular flexibility index (Phi) is 4.57. The Labute approximate surface area is 144 Å². The number of benzene rings is 2. The Balaban J connectivity index is 2.08. The zero-order chi connectivity index (χ0) is 17.1. The smallest absolute Gasteiger partial charge is 0.224 e. The van der Waals surface area contributed by atoms with E-state index in [1.54, 1.807) is 27.4 Å². The standard InChI is InChI=1S/C17H16ClN3O3/c1-22-11-6-4-10(5-7-11)19-16-12-8-14(23-2)15(24-3)9-13(12)20-17(18)21-16/h4-9H,1-3H3,(H,19,20,21). The number of ether oxygens (including phenoxy) is 3. The van der Waals surface area contributed by atoms with Crippen molar-refractivity contribution in [3.8, 4) is 17.2 Å². The van der Waals surface area contributed by atoms with Gasteiger partial charge in [0.1, 0.15) is 11.6 Å². The lowest BCUT2D eigenvalue weighted by Gasteiger charge is -2.13. The van der Waals surface area contributed by atoms with Crippen LogP contribution >= 0.6 is 11.6 Å². The zero-order valence-electron chi connectivity index (χ0n) is 13.5. The van der Waals surface area contributed by atoms with Gasteiger partial charge in [-0.25, -0.2) is 4.98 Å². The molecule has 3 aromatic rings. The molecule has 3 rings (SSSR count). The summed E-state index contributed by atoms with van der Waals surface area (Å²) in [4.78, 5) is 8.53. The minimum absolute atomic E-state index is 0.144. The molecule has 6 nitrogen and oxygen atoms in total. The molecule has 0 saturated heterocycles. The average Bonchev–Trinajstić information content (AvgIpc) is 2.61. The van der Waals surface area contributed by atoms with E-state index in [2.05, 4.69) is 15.3 Å². The van der Waals surface area contributed by atoms with E-state index in [9.17, 15) is 0 Å². The Morgan fingerprint density at radius 1 is 0.875 bits per heavy atom. The summed E-state index contributed by atoms with van der Waals surface area (Å²) in [6.07, 6.45) is 0. The third-order valence-electron chi connectivity index (χ3n) is 3.53. The van der Waals surface area contributed by atoms with Crippen LogP contribution in [0.3, 0.4) is 0 Å². The maximum Gasteiger partial charge on any atom is 0.224 e. The molecule has 0 amide bonds. The van der Waals surface area contributed by atoms with Gasteiger partial charge in [-0.05, 0) is 41.9 Å². The van der Waals surface area contributed by atoms with Gasteiger partial charge in [0.15, 0.2) is 11.5 Å². The van der Waals surface area contributed by atoms with E-state index >= 15 is 0 Å². The minimum atomic E-state index is 0.144. The third kappa shape index (κ3) is 3.14. The second-order valence-electron chi connectivity index (χ2n) is 4.92. The summed E-state index contributed by atoms with van der Waals surface area (Å²) >= 11 is 6.05. The predicted molar refractivity (Wildman–Crippen MR) is 93.9 cm³/mol. The Bertz CT molecular complexity index is 869. The minimum Gasteiger partial charge on any atom is -0.497 e. The van der Waals surface area contributed by atoms with Gasteiger partial charge in [0.2, 0.25) is 5.28 Å². The van der Waals surface area contributed by atoms with Gasteiger partial charge < -0.3 is 19.5 Å². The van der Waals surface area contributed by atoms with Crippen LogP contribution in [-0.4, -0.2) is 31.3 Å². The van der Waals surface area contributed by atoms with Gasteiger partial charge in [0.25, 0.3) is 0 Å².